The topological polar surface area (TPSA) is 76.4 Å². The third-order valence-electron chi connectivity index (χ3n) is 5.58. The molecule has 0 spiro atoms. The molecule has 0 fully saturated rings. The molecule has 0 aliphatic heterocycles. The van der Waals surface area contributed by atoms with Gasteiger partial charge in [0.2, 0.25) is 5.89 Å². The number of hydrogen-bond donors (Lipinski definition) is 2. The number of thiocarbonyl (C=S) groups is 1. The standard InChI is InChI=1S/C28H29N3O3S/c1-4-5-16-33-23-13-10-20(11-14-23)26(32)31-28(35)29-22-12-15-25-24(17-22)30-27(34-25)21-8-6-19(7-9-21)18(2)3/h6-15,17-18H,4-5,16H2,1-3H3,(H2,29,31,32,35). The maximum Gasteiger partial charge on any atom is 0.257 e. The highest BCUT2D eigenvalue weighted by Gasteiger charge is 2.12. The van der Waals surface area contributed by atoms with Crippen LogP contribution in [0.15, 0.2) is 71.1 Å². The Morgan fingerprint density at radius 3 is 2.49 bits per heavy atom. The van der Waals surface area contributed by atoms with Crippen molar-refractivity contribution in [3.8, 4) is 17.2 Å². The van der Waals surface area contributed by atoms with Crippen LogP contribution in [-0.4, -0.2) is 22.6 Å². The lowest BCUT2D eigenvalue weighted by atomic mass is 10.0. The first-order valence-electron chi connectivity index (χ1n) is 11.8. The number of nitrogens with one attached hydrogen (secondary N) is 2. The van der Waals surface area contributed by atoms with Crippen molar-refractivity contribution in [3.63, 3.8) is 0 Å². The van der Waals surface area contributed by atoms with Gasteiger partial charge in [-0.15, -0.1) is 0 Å². The molecule has 0 saturated heterocycles. The third-order valence-corrected chi connectivity index (χ3v) is 5.78. The van der Waals surface area contributed by atoms with Crippen molar-refractivity contribution in [2.45, 2.75) is 39.5 Å². The van der Waals surface area contributed by atoms with Gasteiger partial charge in [-0.25, -0.2) is 4.98 Å². The van der Waals surface area contributed by atoms with Gasteiger partial charge < -0.3 is 14.5 Å². The fourth-order valence-electron chi connectivity index (χ4n) is 3.51. The van der Waals surface area contributed by atoms with E-state index in [9.17, 15) is 4.79 Å². The molecule has 0 unspecified atom stereocenters. The molecule has 1 aromatic heterocycles. The van der Waals surface area contributed by atoms with Gasteiger partial charge in [0.1, 0.15) is 11.3 Å². The number of nitrogens with zero attached hydrogens (tertiary/aromatic N) is 1. The summed E-state index contributed by atoms with van der Waals surface area (Å²) >= 11 is 5.33. The fourth-order valence-corrected chi connectivity index (χ4v) is 3.72. The Morgan fingerprint density at radius 2 is 1.80 bits per heavy atom. The molecular formula is C28H29N3O3S. The van der Waals surface area contributed by atoms with Gasteiger partial charge >= 0.3 is 0 Å². The van der Waals surface area contributed by atoms with Crippen molar-refractivity contribution in [1.29, 1.82) is 0 Å². The number of oxazole rings is 1. The molecule has 35 heavy (non-hydrogen) atoms. The Labute approximate surface area is 210 Å². The van der Waals surface area contributed by atoms with Crippen molar-refractivity contribution in [1.82, 2.24) is 10.3 Å². The van der Waals surface area contributed by atoms with Gasteiger partial charge in [0, 0.05) is 16.8 Å². The molecule has 3 aromatic carbocycles. The summed E-state index contributed by atoms with van der Waals surface area (Å²) in [6.07, 6.45) is 2.07. The summed E-state index contributed by atoms with van der Waals surface area (Å²) in [6.45, 7) is 7.10. The zero-order valence-corrected chi connectivity index (χ0v) is 20.9. The number of anilines is 1. The second-order valence-electron chi connectivity index (χ2n) is 8.61. The first kappa shape index (κ1) is 24.4. The van der Waals surface area contributed by atoms with Crippen LogP contribution in [0, 0.1) is 0 Å². The number of hydrogen-bond acceptors (Lipinski definition) is 5. The first-order valence-corrected chi connectivity index (χ1v) is 12.2. The molecule has 4 rings (SSSR count). The second kappa shape index (κ2) is 11.1. The summed E-state index contributed by atoms with van der Waals surface area (Å²) in [5.41, 5.74) is 4.77. The average Bonchev–Trinajstić information content (AvgIpc) is 3.28. The van der Waals surface area contributed by atoms with Crippen molar-refractivity contribution in [2.24, 2.45) is 0 Å². The molecule has 0 bridgehead atoms. The quantitative estimate of drug-likeness (QED) is 0.207. The van der Waals surface area contributed by atoms with Crippen molar-refractivity contribution in [2.75, 3.05) is 11.9 Å². The Morgan fingerprint density at radius 1 is 1.06 bits per heavy atom. The molecular weight excluding hydrogens is 458 g/mol. The smallest absolute Gasteiger partial charge is 0.257 e. The van der Waals surface area contributed by atoms with Crippen LogP contribution in [0.5, 0.6) is 5.75 Å². The third kappa shape index (κ3) is 6.25. The predicted molar refractivity (Wildman–Crippen MR) is 144 cm³/mol. The van der Waals surface area contributed by atoms with E-state index in [4.69, 9.17) is 21.4 Å². The van der Waals surface area contributed by atoms with E-state index in [1.807, 2.05) is 30.3 Å². The van der Waals surface area contributed by atoms with Crippen LogP contribution in [0.3, 0.4) is 0 Å². The van der Waals surface area contributed by atoms with E-state index in [0.29, 0.717) is 40.8 Å². The highest BCUT2D eigenvalue weighted by Crippen LogP contribution is 2.27. The number of fused-ring (bicyclic) bond motifs is 1. The molecule has 0 radical (unpaired) electrons. The van der Waals surface area contributed by atoms with E-state index >= 15 is 0 Å². The van der Waals surface area contributed by atoms with Gasteiger partial charge in [-0.1, -0.05) is 39.3 Å². The van der Waals surface area contributed by atoms with E-state index in [1.165, 1.54) is 5.56 Å². The molecule has 0 aliphatic rings. The highest BCUT2D eigenvalue weighted by molar-refractivity contribution is 7.80. The van der Waals surface area contributed by atoms with Gasteiger partial charge in [0.25, 0.3) is 5.91 Å². The summed E-state index contributed by atoms with van der Waals surface area (Å²) in [5.74, 6) is 1.48. The minimum atomic E-state index is -0.294. The molecule has 1 amide bonds. The molecule has 1 heterocycles. The summed E-state index contributed by atoms with van der Waals surface area (Å²) < 4.78 is 11.6. The Balaban J connectivity index is 1.38. The highest BCUT2D eigenvalue weighted by atomic mass is 32.1. The fraction of sp³-hybridized carbons (Fsp3) is 0.250. The normalized spacial score (nSPS) is 11.0. The lowest BCUT2D eigenvalue weighted by molar-refractivity contribution is 0.0977. The number of rotatable bonds is 8. The van der Waals surface area contributed by atoms with E-state index in [0.717, 1.165) is 24.2 Å². The molecule has 0 saturated carbocycles. The molecule has 2 N–H and O–H groups in total. The molecule has 4 aromatic rings. The summed E-state index contributed by atoms with van der Waals surface area (Å²) in [6, 6.07) is 20.7. The summed E-state index contributed by atoms with van der Waals surface area (Å²) in [4.78, 5) is 17.2. The van der Waals surface area contributed by atoms with Gasteiger partial charge in [0.15, 0.2) is 10.7 Å². The number of carbonyl (C=O) groups is 1. The number of carbonyl (C=O) groups excluding carboxylic acids is 1. The van der Waals surface area contributed by atoms with Gasteiger partial charge in [-0.2, -0.15) is 0 Å². The maximum absolute atomic E-state index is 12.5. The van der Waals surface area contributed by atoms with Crippen LogP contribution in [0.4, 0.5) is 5.69 Å². The van der Waals surface area contributed by atoms with E-state index in [2.05, 4.69) is 48.5 Å². The van der Waals surface area contributed by atoms with Crippen molar-refractivity contribution < 1.29 is 13.9 Å². The molecule has 180 valence electrons. The zero-order valence-electron chi connectivity index (χ0n) is 20.1. The number of unbranched alkanes of at least 4 members (excludes halogenated alkanes) is 1. The van der Waals surface area contributed by atoms with Crippen LogP contribution < -0.4 is 15.4 Å². The number of benzene rings is 3. The Bertz CT molecular complexity index is 1310. The van der Waals surface area contributed by atoms with E-state index in [-0.39, 0.29) is 11.0 Å². The van der Waals surface area contributed by atoms with Gasteiger partial charge in [-0.05, 0) is 84.7 Å². The average molecular weight is 488 g/mol. The summed E-state index contributed by atoms with van der Waals surface area (Å²) in [5, 5.41) is 5.95. The largest absolute Gasteiger partial charge is 0.494 e. The number of amides is 1. The van der Waals surface area contributed by atoms with Crippen LogP contribution in [0.2, 0.25) is 0 Å². The molecule has 7 heteroatoms. The molecule has 0 aliphatic carbocycles. The van der Waals surface area contributed by atoms with E-state index < -0.39 is 0 Å². The molecule has 6 nitrogen and oxygen atoms in total. The number of ether oxygens (including phenoxy) is 1. The zero-order chi connectivity index (χ0) is 24.8. The van der Waals surface area contributed by atoms with Gasteiger partial charge in [0.05, 0.1) is 6.61 Å². The minimum absolute atomic E-state index is 0.200. The van der Waals surface area contributed by atoms with Crippen molar-refractivity contribution in [3.05, 3.63) is 77.9 Å². The maximum atomic E-state index is 12.5. The first-order chi connectivity index (χ1) is 16.9. The van der Waals surface area contributed by atoms with Crippen LogP contribution in [0.25, 0.3) is 22.6 Å². The lowest BCUT2D eigenvalue weighted by Gasteiger charge is -2.10. The number of aromatic nitrogens is 1. The lowest BCUT2D eigenvalue weighted by Crippen LogP contribution is -2.34. The predicted octanol–water partition coefficient (Wildman–Crippen LogP) is 6.92. The van der Waals surface area contributed by atoms with Gasteiger partial charge in [-0.3, -0.25) is 10.1 Å². The van der Waals surface area contributed by atoms with E-state index in [1.54, 1.807) is 24.3 Å². The van der Waals surface area contributed by atoms with Crippen molar-refractivity contribution >= 4 is 40.0 Å². The monoisotopic (exact) mass is 487 g/mol. The SMILES string of the molecule is CCCCOc1ccc(C(=O)NC(=S)Nc2ccc3oc(-c4ccc(C(C)C)cc4)nc3c2)cc1. The molecule has 0 atom stereocenters. The Hall–Kier alpha value is -3.71. The summed E-state index contributed by atoms with van der Waals surface area (Å²) in [7, 11) is 0. The van der Waals surface area contributed by atoms with Crippen LogP contribution in [0.1, 0.15) is 55.5 Å². The second-order valence-corrected chi connectivity index (χ2v) is 9.02. The Kier molecular flexibility index (Phi) is 7.77. The van der Waals surface area contributed by atoms with Crippen LogP contribution in [-0.2, 0) is 0 Å². The minimum Gasteiger partial charge on any atom is -0.494 e. The van der Waals surface area contributed by atoms with Crippen LogP contribution >= 0.6 is 12.2 Å².